The van der Waals surface area contributed by atoms with Crippen molar-refractivity contribution in [2.45, 2.75) is 53.5 Å². The van der Waals surface area contributed by atoms with Crippen LogP contribution in [0.3, 0.4) is 0 Å². The predicted molar refractivity (Wildman–Crippen MR) is 90.0 cm³/mol. The van der Waals surface area contributed by atoms with Crippen LogP contribution in [0.15, 0.2) is 12.4 Å². The quantitative estimate of drug-likeness (QED) is 0.796. The summed E-state index contributed by atoms with van der Waals surface area (Å²) in [6, 6.07) is 0.102. The summed E-state index contributed by atoms with van der Waals surface area (Å²) in [6.07, 6.45) is 4.26. The van der Waals surface area contributed by atoms with Gasteiger partial charge in [0, 0.05) is 31.7 Å². The first-order valence-electron chi connectivity index (χ1n) is 8.17. The van der Waals surface area contributed by atoms with Crippen LogP contribution in [0.2, 0.25) is 0 Å². The number of rotatable bonds is 8. The highest BCUT2D eigenvalue weighted by Crippen LogP contribution is 2.07. The van der Waals surface area contributed by atoms with Gasteiger partial charge in [-0.15, -0.1) is 0 Å². The number of aromatic nitrogens is 2. The maximum atomic E-state index is 12.6. The molecule has 0 aliphatic carbocycles. The lowest BCUT2D eigenvalue weighted by Crippen LogP contribution is -2.38. The molecular formula is C17H28N4O2. The zero-order valence-electron chi connectivity index (χ0n) is 14.8. The van der Waals surface area contributed by atoms with E-state index >= 15 is 0 Å². The first-order valence-corrected chi connectivity index (χ1v) is 8.17. The van der Waals surface area contributed by atoms with E-state index in [4.69, 9.17) is 0 Å². The molecule has 0 saturated carbocycles. The Labute approximate surface area is 138 Å². The van der Waals surface area contributed by atoms with Crippen molar-refractivity contribution in [2.24, 2.45) is 5.92 Å². The van der Waals surface area contributed by atoms with Crippen LogP contribution >= 0.6 is 0 Å². The zero-order valence-corrected chi connectivity index (χ0v) is 14.8. The number of aryl methyl sites for hydroxylation is 1. The highest BCUT2D eigenvalue weighted by Gasteiger charge is 2.19. The van der Waals surface area contributed by atoms with Crippen LogP contribution in [0.1, 0.15) is 56.7 Å². The average Bonchev–Trinajstić information content (AvgIpc) is 2.46. The molecule has 0 atom stereocenters. The van der Waals surface area contributed by atoms with Gasteiger partial charge >= 0.3 is 0 Å². The molecular weight excluding hydrogens is 292 g/mol. The molecule has 0 saturated heterocycles. The summed E-state index contributed by atoms with van der Waals surface area (Å²) in [5.74, 6) is 0.270. The molecule has 0 aliphatic rings. The van der Waals surface area contributed by atoms with Crippen LogP contribution in [0.4, 0.5) is 0 Å². The summed E-state index contributed by atoms with van der Waals surface area (Å²) in [7, 11) is 0. The van der Waals surface area contributed by atoms with Crippen molar-refractivity contribution in [3.8, 4) is 0 Å². The van der Waals surface area contributed by atoms with Crippen LogP contribution in [0.5, 0.6) is 0 Å². The van der Waals surface area contributed by atoms with Gasteiger partial charge in [-0.05, 0) is 33.1 Å². The van der Waals surface area contributed by atoms with Gasteiger partial charge in [-0.2, -0.15) is 0 Å². The van der Waals surface area contributed by atoms with Crippen LogP contribution < -0.4 is 5.32 Å². The minimum Gasteiger partial charge on any atom is -0.354 e. The van der Waals surface area contributed by atoms with Crippen molar-refractivity contribution in [1.82, 2.24) is 20.2 Å². The number of amides is 2. The summed E-state index contributed by atoms with van der Waals surface area (Å²) in [5, 5.41) is 2.84. The Hall–Kier alpha value is -1.98. The van der Waals surface area contributed by atoms with E-state index in [1.807, 2.05) is 20.8 Å². The highest BCUT2D eigenvalue weighted by atomic mass is 16.2. The Bertz CT molecular complexity index is 512. The van der Waals surface area contributed by atoms with Gasteiger partial charge in [-0.3, -0.25) is 14.6 Å². The third-order valence-electron chi connectivity index (χ3n) is 3.32. The van der Waals surface area contributed by atoms with E-state index in [2.05, 4.69) is 29.1 Å². The topological polar surface area (TPSA) is 75.2 Å². The molecule has 1 aromatic heterocycles. The van der Waals surface area contributed by atoms with Crippen LogP contribution in [0, 0.1) is 12.8 Å². The molecule has 0 aliphatic heterocycles. The smallest absolute Gasteiger partial charge is 0.274 e. The number of nitrogens with one attached hydrogen (secondary N) is 1. The predicted octanol–water partition coefficient (Wildman–Crippen LogP) is 2.19. The van der Waals surface area contributed by atoms with Crippen molar-refractivity contribution in [3.05, 3.63) is 23.8 Å². The molecule has 23 heavy (non-hydrogen) atoms. The number of hydrogen-bond donors (Lipinski definition) is 1. The van der Waals surface area contributed by atoms with Gasteiger partial charge in [-0.25, -0.2) is 4.98 Å². The van der Waals surface area contributed by atoms with E-state index < -0.39 is 0 Å². The largest absolute Gasteiger partial charge is 0.354 e. The molecule has 0 fully saturated rings. The van der Waals surface area contributed by atoms with Gasteiger partial charge in [0.05, 0.1) is 11.9 Å². The SMILES string of the molecule is Cc1cnc(C(=O)N(CCC(=O)NC(C)C)CCC(C)C)cn1. The Morgan fingerprint density at radius 3 is 2.35 bits per heavy atom. The Balaban J connectivity index is 2.72. The van der Waals surface area contributed by atoms with Gasteiger partial charge in [0.1, 0.15) is 5.69 Å². The summed E-state index contributed by atoms with van der Waals surface area (Å²) in [5.41, 5.74) is 1.09. The third kappa shape index (κ3) is 7.21. The number of nitrogens with zero attached hydrogens (tertiary/aromatic N) is 3. The second-order valence-electron chi connectivity index (χ2n) is 6.49. The number of carbonyl (C=O) groups excluding carboxylic acids is 2. The molecule has 6 heteroatoms. The molecule has 0 unspecified atom stereocenters. The monoisotopic (exact) mass is 320 g/mol. The summed E-state index contributed by atoms with van der Waals surface area (Å²) < 4.78 is 0. The van der Waals surface area contributed by atoms with Gasteiger partial charge in [0.2, 0.25) is 5.91 Å². The number of hydrogen-bond acceptors (Lipinski definition) is 4. The van der Waals surface area contributed by atoms with Crippen LogP contribution in [-0.4, -0.2) is 45.8 Å². The second kappa shape index (κ2) is 9.22. The fourth-order valence-corrected chi connectivity index (χ4v) is 2.02. The molecule has 2 amide bonds. The minimum atomic E-state index is -0.171. The molecule has 0 bridgehead atoms. The van der Waals surface area contributed by atoms with E-state index in [1.165, 1.54) is 6.20 Å². The van der Waals surface area contributed by atoms with Gasteiger partial charge in [-0.1, -0.05) is 13.8 Å². The van der Waals surface area contributed by atoms with Crippen molar-refractivity contribution >= 4 is 11.8 Å². The Morgan fingerprint density at radius 1 is 1.13 bits per heavy atom. The van der Waals surface area contributed by atoms with E-state index in [0.717, 1.165) is 12.1 Å². The average molecular weight is 320 g/mol. The van der Waals surface area contributed by atoms with E-state index in [9.17, 15) is 9.59 Å². The van der Waals surface area contributed by atoms with Crippen LogP contribution in [-0.2, 0) is 4.79 Å². The Morgan fingerprint density at radius 2 is 1.83 bits per heavy atom. The Kier molecular flexibility index (Phi) is 7.65. The summed E-state index contributed by atoms with van der Waals surface area (Å²) in [6.45, 7) is 10.9. The molecule has 1 heterocycles. The first kappa shape index (κ1) is 19.1. The maximum Gasteiger partial charge on any atom is 0.274 e. The van der Waals surface area contributed by atoms with E-state index in [0.29, 0.717) is 31.1 Å². The lowest BCUT2D eigenvalue weighted by atomic mass is 10.1. The fraction of sp³-hybridized carbons (Fsp3) is 0.647. The molecule has 0 spiro atoms. The summed E-state index contributed by atoms with van der Waals surface area (Å²) >= 11 is 0. The molecule has 6 nitrogen and oxygen atoms in total. The van der Waals surface area contributed by atoms with Gasteiger partial charge in [0.15, 0.2) is 0 Å². The normalized spacial score (nSPS) is 10.9. The molecule has 0 radical (unpaired) electrons. The van der Waals surface area contributed by atoms with Crippen molar-refractivity contribution in [3.63, 3.8) is 0 Å². The maximum absolute atomic E-state index is 12.6. The van der Waals surface area contributed by atoms with E-state index in [-0.39, 0.29) is 17.9 Å². The molecule has 1 N–H and O–H groups in total. The lowest BCUT2D eigenvalue weighted by Gasteiger charge is -2.23. The number of carbonyl (C=O) groups is 2. The molecule has 0 aromatic carbocycles. The van der Waals surface area contributed by atoms with Crippen LogP contribution in [0.25, 0.3) is 0 Å². The third-order valence-corrected chi connectivity index (χ3v) is 3.32. The second-order valence-corrected chi connectivity index (χ2v) is 6.49. The zero-order chi connectivity index (χ0) is 17.4. The fourth-order valence-electron chi connectivity index (χ4n) is 2.02. The van der Waals surface area contributed by atoms with E-state index in [1.54, 1.807) is 11.1 Å². The lowest BCUT2D eigenvalue weighted by molar-refractivity contribution is -0.121. The van der Waals surface area contributed by atoms with Crippen molar-refractivity contribution in [1.29, 1.82) is 0 Å². The summed E-state index contributed by atoms with van der Waals surface area (Å²) in [4.78, 5) is 34.4. The van der Waals surface area contributed by atoms with Gasteiger partial charge < -0.3 is 10.2 Å². The van der Waals surface area contributed by atoms with Crippen molar-refractivity contribution < 1.29 is 9.59 Å². The molecule has 1 aromatic rings. The molecule has 128 valence electrons. The van der Waals surface area contributed by atoms with Crippen molar-refractivity contribution in [2.75, 3.05) is 13.1 Å². The first-order chi connectivity index (χ1) is 10.8. The highest BCUT2D eigenvalue weighted by molar-refractivity contribution is 5.92. The minimum absolute atomic E-state index is 0.0441. The standard InChI is InChI=1S/C17H28N4O2/c1-12(2)6-8-21(9-7-16(22)20-13(3)4)17(23)15-11-18-14(5)10-19-15/h10-13H,6-9H2,1-5H3,(H,20,22). The van der Waals surface area contributed by atoms with Gasteiger partial charge in [0.25, 0.3) is 5.91 Å². The molecule has 1 rings (SSSR count).